The lowest BCUT2D eigenvalue weighted by Crippen LogP contribution is -2.38. The highest BCUT2D eigenvalue weighted by Gasteiger charge is 2.16. The number of carbonyl (C=O) groups excluding carboxylic acids is 1. The fourth-order valence-electron chi connectivity index (χ4n) is 1.96. The second-order valence-corrected chi connectivity index (χ2v) is 6.18. The molecule has 0 aliphatic heterocycles. The smallest absolute Gasteiger partial charge is 0.280 e. The molecule has 0 radical (unpaired) electrons. The summed E-state index contributed by atoms with van der Waals surface area (Å²) in [5.74, 6) is -0.859. The molecule has 1 aromatic heterocycles. The zero-order valence-corrected chi connectivity index (χ0v) is 15.6. The number of nitrogens with one attached hydrogen (secondary N) is 1. The van der Waals surface area contributed by atoms with Crippen molar-refractivity contribution in [3.8, 4) is 0 Å². The Balaban J connectivity index is 2.27. The normalized spacial score (nSPS) is 12.8. The zero-order chi connectivity index (χ0) is 19.5. The average Bonchev–Trinajstić information content (AvgIpc) is 2.56. The van der Waals surface area contributed by atoms with Gasteiger partial charge in [-0.15, -0.1) is 0 Å². The number of aromatic nitrogens is 2. The van der Waals surface area contributed by atoms with Crippen LogP contribution in [0.3, 0.4) is 0 Å². The van der Waals surface area contributed by atoms with Crippen LogP contribution in [-0.4, -0.2) is 47.6 Å². The molecule has 1 atom stereocenters. The number of unbranched alkanes of at least 4 members (excludes halogenated alkanes) is 3. The van der Waals surface area contributed by atoms with Gasteiger partial charge in [-0.1, -0.05) is 24.4 Å². The minimum atomic E-state index is -0.649. The molecule has 0 bridgehead atoms. The molecule has 0 saturated heterocycles. The molecule has 0 aliphatic carbocycles. The third kappa shape index (κ3) is 8.28. The predicted molar refractivity (Wildman–Crippen MR) is 103 cm³/mol. The number of nitrogen functional groups attached to an aromatic ring is 2. The van der Waals surface area contributed by atoms with Gasteiger partial charge in [-0.2, -0.15) is 0 Å². The fraction of sp³-hybridized carbons (Fsp3) is 0.600. The van der Waals surface area contributed by atoms with E-state index in [2.05, 4.69) is 20.3 Å². The summed E-state index contributed by atoms with van der Waals surface area (Å²) >= 11 is 5.73. The topological polar surface area (TPSA) is 181 Å². The minimum absolute atomic E-state index is 0.0237. The first-order chi connectivity index (χ1) is 12.3. The standard InChI is InChI=1S/C15H27ClN8O2/c1-9(17)8-26-7-5-3-2-4-6-21-15(20)24-14(25)10-12(18)23-13(19)11(16)22-10/h9H,2-8,17H2,1H3,(H4,18,19,23)(H3,20,21,24,25)/t9-/m1/s1. The van der Waals surface area contributed by atoms with E-state index in [1.165, 1.54) is 0 Å². The molecule has 0 fully saturated rings. The molecule has 0 spiro atoms. The largest absolute Gasteiger partial charge is 0.382 e. The van der Waals surface area contributed by atoms with E-state index < -0.39 is 5.91 Å². The first-order valence-electron chi connectivity index (χ1n) is 8.34. The van der Waals surface area contributed by atoms with Gasteiger partial charge in [0.05, 0.1) is 6.61 Å². The number of nitrogens with two attached hydrogens (primary N) is 4. The number of guanidine groups is 1. The quantitative estimate of drug-likeness (QED) is 0.215. The summed E-state index contributed by atoms with van der Waals surface area (Å²) in [6, 6.07) is 0.0631. The summed E-state index contributed by atoms with van der Waals surface area (Å²) in [5.41, 5.74) is 22.2. The lowest BCUT2D eigenvalue weighted by atomic mass is 10.2. The van der Waals surface area contributed by atoms with E-state index in [0.717, 1.165) is 25.7 Å². The molecule has 0 aliphatic rings. The summed E-state index contributed by atoms with van der Waals surface area (Å²) in [6.45, 7) is 3.69. The van der Waals surface area contributed by atoms with Crippen LogP contribution in [0.15, 0.2) is 4.99 Å². The molecular formula is C15H27ClN8O2. The Morgan fingerprint density at radius 1 is 1.23 bits per heavy atom. The van der Waals surface area contributed by atoms with Crippen molar-refractivity contribution >= 4 is 35.1 Å². The number of hydrogen-bond acceptors (Lipinski definition) is 8. The second-order valence-electron chi connectivity index (χ2n) is 5.82. The van der Waals surface area contributed by atoms with E-state index >= 15 is 0 Å². The van der Waals surface area contributed by atoms with Crippen molar-refractivity contribution in [3.63, 3.8) is 0 Å². The third-order valence-electron chi connectivity index (χ3n) is 3.22. The summed E-state index contributed by atoms with van der Waals surface area (Å²) < 4.78 is 5.39. The van der Waals surface area contributed by atoms with Gasteiger partial charge in [0, 0.05) is 19.2 Å². The molecule has 0 aromatic carbocycles. The van der Waals surface area contributed by atoms with E-state index in [1.807, 2.05) is 6.92 Å². The van der Waals surface area contributed by atoms with E-state index in [4.69, 9.17) is 39.3 Å². The van der Waals surface area contributed by atoms with Crippen molar-refractivity contribution in [3.05, 3.63) is 10.8 Å². The Bertz CT molecular complexity index is 624. The molecule has 10 nitrogen and oxygen atoms in total. The number of hydrogen-bond donors (Lipinski definition) is 5. The lowest BCUT2D eigenvalue weighted by molar-refractivity contribution is 0.0972. The molecule has 9 N–H and O–H groups in total. The molecular weight excluding hydrogens is 360 g/mol. The molecule has 0 unspecified atom stereocenters. The first kappa shape index (κ1) is 21.9. The van der Waals surface area contributed by atoms with Gasteiger partial charge in [0.1, 0.15) is 0 Å². The van der Waals surface area contributed by atoms with Crippen molar-refractivity contribution in [2.45, 2.75) is 38.6 Å². The van der Waals surface area contributed by atoms with Crippen molar-refractivity contribution in [1.82, 2.24) is 15.3 Å². The molecule has 26 heavy (non-hydrogen) atoms. The van der Waals surface area contributed by atoms with E-state index in [0.29, 0.717) is 19.8 Å². The van der Waals surface area contributed by atoms with Crippen molar-refractivity contribution in [2.75, 3.05) is 31.2 Å². The number of carbonyl (C=O) groups is 1. The number of halogens is 1. The van der Waals surface area contributed by atoms with Gasteiger partial charge in [-0.05, 0) is 19.8 Å². The van der Waals surface area contributed by atoms with E-state index in [1.54, 1.807) is 0 Å². The molecule has 1 rings (SSSR count). The van der Waals surface area contributed by atoms with Gasteiger partial charge in [0.15, 0.2) is 28.4 Å². The van der Waals surface area contributed by atoms with Crippen molar-refractivity contribution in [2.24, 2.45) is 16.5 Å². The van der Waals surface area contributed by atoms with Gasteiger partial charge in [0.2, 0.25) is 0 Å². The van der Waals surface area contributed by atoms with Crippen LogP contribution in [0, 0.1) is 0 Å². The highest BCUT2D eigenvalue weighted by molar-refractivity contribution is 6.31. The Morgan fingerprint density at radius 3 is 2.62 bits per heavy atom. The maximum Gasteiger partial charge on any atom is 0.280 e. The number of anilines is 2. The summed E-state index contributed by atoms with van der Waals surface area (Å²) in [7, 11) is 0. The van der Waals surface area contributed by atoms with Crippen LogP contribution in [0.5, 0.6) is 0 Å². The molecule has 11 heteroatoms. The second kappa shape index (κ2) is 11.4. The Kier molecular flexibility index (Phi) is 9.63. The number of rotatable bonds is 10. The van der Waals surface area contributed by atoms with Crippen molar-refractivity contribution in [1.29, 1.82) is 0 Å². The van der Waals surface area contributed by atoms with Gasteiger partial charge in [-0.3, -0.25) is 15.1 Å². The monoisotopic (exact) mass is 386 g/mol. The van der Waals surface area contributed by atoms with Gasteiger partial charge in [0.25, 0.3) is 5.91 Å². The first-order valence-corrected chi connectivity index (χ1v) is 8.72. The van der Waals surface area contributed by atoms with Crippen LogP contribution in [0.2, 0.25) is 5.15 Å². The maximum absolute atomic E-state index is 12.0. The molecule has 1 heterocycles. The van der Waals surface area contributed by atoms with Gasteiger partial charge >= 0.3 is 0 Å². The van der Waals surface area contributed by atoms with Crippen LogP contribution in [0.25, 0.3) is 0 Å². The van der Waals surface area contributed by atoms with Crippen LogP contribution >= 0.6 is 11.6 Å². The fourth-order valence-corrected chi connectivity index (χ4v) is 2.09. The number of amides is 1. The Morgan fingerprint density at radius 2 is 1.92 bits per heavy atom. The highest BCUT2D eigenvalue weighted by Crippen LogP contribution is 2.17. The van der Waals surface area contributed by atoms with E-state index in [-0.39, 0.29) is 34.5 Å². The summed E-state index contributed by atoms with van der Waals surface area (Å²) in [5, 5.41) is 2.28. The number of nitrogens with zero attached hydrogens (tertiary/aromatic N) is 3. The van der Waals surface area contributed by atoms with Crippen LogP contribution < -0.4 is 28.3 Å². The van der Waals surface area contributed by atoms with Gasteiger partial charge in [-0.25, -0.2) is 9.97 Å². The van der Waals surface area contributed by atoms with Crippen LogP contribution in [-0.2, 0) is 4.74 Å². The summed E-state index contributed by atoms with van der Waals surface area (Å²) in [4.78, 5) is 23.7. The highest BCUT2D eigenvalue weighted by atomic mass is 35.5. The van der Waals surface area contributed by atoms with E-state index in [9.17, 15) is 4.79 Å². The predicted octanol–water partition coefficient (Wildman–Crippen LogP) is 0.263. The van der Waals surface area contributed by atoms with Crippen LogP contribution in [0.4, 0.5) is 11.6 Å². The average molecular weight is 387 g/mol. The molecule has 1 amide bonds. The maximum atomic E-state index is 12.0. The lowest BCUT2D eigenvalue weighted by Gasteiger charge is -2.07. The Labute approximate surface area is 157 Å². The summed E-state index contributed by atoms with van der Waals surface area (Å²) in [6.07, 6.45) is 3.83. The number of aliphatic imine (C=N–C) groups is 1. The molecule has 0 saturated carbocycles. The number of ether oxygens (including phenoxy) is 1. The molecule has 1 aromatic rings. The van der Waals surface area contributed by atoms with Gasteiger partial charge < -0.3 is 27.7 Å². The van der Waals surface area contributed by atoms with Crippen molar-refractivity contribution < 1.29 is 9.53 Å². The Hall–Kier alpha value is -2.17. The zero-order valence-electron chi connectivity index (χ0n) is 14.9. The third-order valence-corrected chi connectivity index (χ3v) is 3.50. The van der Waals surface area contributed by atoms with Crippen LogP contribution in [0.1, 0.15) is 43.1 Å². The SMILES string of the molecule is C[C@@H](N)COCCCCCCN=C(N)NC(=O)c1nc(Cl)c(N)nc1N. The minimum Gasteiger partial charge on any atom is -0.382 e. The molecule has 146 valence electrons.